The lowest BCUT2D eigenvalue weighted by Crippen LogP contribution is -2.33. The fraction of sp³-hybridized carbons (Fsp3) is 0.200. The minimum absolute atomic E-state index is 0.0344. The molecule has 2 aromatic rings. The molecule has 0 saturated carbocycles. The molecule has 0 spiro atoms. The van der Waals surface area contributed by atoms with Crippen LogP contribution in [0.5, 0.6) is 0 Å². The van der Waals surface area contributed by atoms with Crippen LogP contribution in [0, 0.1) is 17.5 Å². The highest BCUT2D eigenvalue weighted by molar-refractivity contribution is 6.36. The largest absolute Gasteiger partial charge is 0.385 e. The first-order valence-electron chi connectivity index (χ1n) is 8.49. The second-order valence-electron chi connectivity index (χ2n) is 6.12. The third kappa shape index (κ3) is 3.91. The number of anilines is 1. The number of hydrogen-bond acceptors (Lipinski definition) is 4. The molecule has 5 nitrogen and oxygen atoms in total. The van der Waals surface area contributed by atoms with Crippen molar-refractivity contribution >= 4 is 23.1 Å². The fourth-order valence-corrected chi connectivity index (χ4v) is 2.86. The van der Waals surface area contributed by atoms with Gasteiger partial charge in [0.25, 0.3) is 11.8 Å². The van der Waals surface area contributed by atoms with Crippen LogP contribution in [0.4, 0.5) is 18.9 Å². The van der Waals surface area contributed by atoms with Gasteiger partial charge >= 0.3 is 0 Å². The summed E-state index contributed by atoms with van der Waals surface area (Å²) in [4.78, 5) is 26.7. The van der Waals surface area contributed by atoms with Gasteiger partial charge in [-0.1, -0.05) is 12.1 Å². The molecule has 0 aromatic heterocycles. The van der Waals surface area contributed by atoms with Gasteiger partial charge in [-0.25, -0.2) is 13.2 Å². The number of nitrogens with zero attached hydrogens (tertiary/aromatic N) is 1. The third-order valence-electron chi connectivity index (χ3n) is 4.22. The Balaban J connectivity index is 1.99. The van der Waals surface area contributed by atoms with E-state index in [1.807, 2.05) is 0 Å². The van der Waals surface area contributed by atoms with Gasteiger partial charge in [0.15, 0.2) is 11.6 Å². The molecule has 0 saturated heterocycles. The SMILES string of the molecule is COCCCN1C(=O)C(Nc2ccc(F)c(F)c2)=C(c2ccc(F)cc2)C1=O. The smallest absolute Gasteiger partial charge is 0.278 e. The molecule has 1 aliphatic heterocycles. The first kappa shape index (κ1) is 19.6. The minimum atomic E-state index is -1.09. The Morgan fingerprint density at radius 2 is 1.68 bits per heavy atom. The second-order valence-corrected chi connectivity index (χ2v) is 6.12. The molecule has 0 aliphatic carbocycles. The zero-order valence-corrected chi connectivity index (χ0v) is 15.0. The molecule has 2 aromatic carbocycles. The molecule has 1 N–H and O–H groups in total. The molecular weight excluding hydrogens is 373 g/mol. The summed E-state index contributed by atoms with van der Waals surface area (Å²) in [6, 6.07) is 8.14. The summed E-state index contributed by atoms with van der Waals surface area (Å²) in [6.45, 7) is 0.480. The Bertz CT molecular complexity index is 942. The van der Waals surface area contributed by atoms with Gasteiger partial charge in [-0.05, 0) is 36.2 Å². The Kier molecular flexibility index (Phi) is 5.79. The molecule has 0 bridgehead atoms. The van der Waals surface area contributed by atoms with Crippen molar-refractivity contribution in [3.05, 3.63) is 71.2 Å². The van der Waals surface area contributed by atoms with Gasteiger partial charge in [-0.3, -0.25) is 14.5 Å². The lowest BCUT2D eigenvalue weighted by atomic mass is 10.0. The summed E-state index contributed by atoms with van der Waals surface area (Å²) in [7, 11) is 1.51. The monoisotopic (exact) mass is 390 g/mol. The van der Waals surface area contributed by atoms with Crippen molar-refractivity contribution in [1.29, 1.82) is 0 Å². The Morgan fingerprint density at radius 3 is 2.32 bits per heavy atom. The van der Waals surface area contributed by atoms with Gasteiger partial charge in [0.1, 0.15) is 11.5 Å². The topological polar surface area (TPSA) is 58.6 Å². The number of ether oxygens (including phenoxy) is 1. The summed E-state index contributed by atoms with van der Waals surface area (Å²) < 4.78 is 44.9. The average molecular weight is 390 g/mol. The van der Waals surface area contributed by atoms with Crippen LogP contribution in [0.1, 0.15) is 12.0 Å². The van der Waals surface area contributed by atoms with Crippen LogP contribution in [-0.4, -0.2) is 37.0 Å². The lowest BCUT2D eigenvalue weighted by molar-refractivity contribution is -0.136. The predicted octanol–water partition coefficient (Wildman–Crippen LogP) is 3.33. The van der Waals surface area contributed by atoms with E-state index >= 15 is 0 Å². The predicted molar refractivity (Wildman–Crippen MR) is 96.5 cm³/mol. The molecule has 0 atom stereocenters. The maximum absolute atomic E-state index is 13.5. The number of benzene rings is 2. The molecular formula is C20H17F3N2O3. The maximum Gasteiger partial charge on any atom is 0.278 e. The van der Waals surface area contributed by atoms with E-state index in [1.54, 1.807) is 0 Å². The van der Waals surface area contributed by atoms with Gasteiger partial charge in [-0.15, -0.1) is 0 Å². The summed E-state index contributed by atoms with van der Waals surface area (Å²) in [5.41, 5.74) is 0.389. The highest BCUT2D eigenvalue weighted by Crippen LogP contribution is 2.31. The normalized spacial score (nSPS) is 14.2. The van der Waals surface area contributed by atoms with E-state index in [-0.39, 0.29) is 23.5 Å². The third-order valence-corrected chi connectivity index (χ3v) is 4.22. The number of rotatable bonds is 7. The fourth-order valence-electron chi connectivity index (χ4n) is 2.86. The zero-order chi connectivity index (χ0) is 20.3. The second kappa shape index (κ2) is 8.26. The van der Waals surface area contributed by atoms with E-state index in [0.29, 0.717) is 18.6 Å². The first-order valence-corrected chi connectivity index (χ1v) is 8.49. The number of amides is 2. The van der Waals surface area contributed by atoms with E-state index in [0.717, 1.165) is 17.0 Å². The van der Waals surface area contributed by atoms with E-state index < -0.39 is 29.3 Å². The number of halogens is 3. The number of nitrogens with one attached hydrogen (secondary N) is 1. The van der Waals surface area contributed by atoms with E-state index in [9.17, 15) is 22.8 Å². The molecule has 0 unspecified atom stereocenters. The first-order chi connectivity index (χ1) is 13.4. The van der Waals surface area contributed by atoms with Crippen molar-refractivity contribution in [3.8, 4) is 0 Å². The van der Waals surface area contributed by atoms with Gasteiger partial charge in [-0.2, -0.15) is 0 Å². The van der Waals surface area contributed by atoms with Crippen molar-refractivity contribution < 1.29 is 27.5 Å². The minimum Gasteiger partial charge on any atom is -0.385 e. The summed E-state index contributed by atoms with van der Waals surface area (Å²) in [6.07, 6.45) is 0.434. The van der Waals surface area contributed by atoms with Gasteiger partial charge in [0.05, 0.1) is 5.57 Å². The molecule has 8 heteroatoms. The summed E-state index contributed by atoms with van der Waals surface area (Å²) >= 11 is 0. The van der Waals surface area contributed by atoms with E-state index in [4.69, 9.17) is 4.74 Å². The molecule has 146 valence electrons. The van der Waals surface area contributed by atoms with Crippen molar-refractivity contribution in [2.45, 2.75) is 6.42 Å². The number of carbonyl (C=O) groups excluding carboxylic acids is 2. The summed E-state index contributed by atoms with van der Waals surface area (Å²) in [5, 5.41) is 2.71. The highest BCUT2D eigenvalue weighted by atomic mass is 19.2. The van der Waals surface area contributed by atoms with Crippen molar-refractivity contribution in [2.24, 2.45) is 0 Å². The maximum atomic E-state index is 13.5. The van der Waals surface area contributed by atoms with Gasteiger partial charge < -0.3 is 10.1 Å². The van der Waals surface area contributed by atoms with Crippen LogP contribution in [0.25, 0.3) is 5.57 Å². The van der Waals surface area contributed by atoms with Crippen molar-refractivity contribution in [1.82, 2.24) is 4.90 Å². The van der Waals surface area contributed by atoms with Crippen molar-refractivity contribution in [2.75, 3.05) is 25.6 Å². The van der Waals surface area contributed by atoms with Crippen LogP contribution in [0.15, 0.2) is 48.2 Å². The molecule has 0 radical (unpaired) electrons. The number of imide groups is 1. The van der Waals surface area contributed by atoms with Crippen LogP contribution in [-0.2, 0) is 14.3 Å². The van der Waals surface area contributed by atoms with Crippen LogP contribution in [0.2, 0.25) is 0 Å². The molecule has 28 heavy (non-hydrogen) atoms. The van der Waals surface area contributed by atoms with E-state index in [1.165, 1.54) is 37.4 Å². The number of carbonyl (C=O) groups is 2. The standard InChI is InChI=1S/C20H17F3N2O3/c1-28-10-2-9-25-19(26)17(12-3-5-13(21)6-4-12)18(20(25)27)24-14-7-8-15(22)16(23)11-14/h3-8,11,24H,2,9-10H2,1H3. The van der Waals surface area contributed by atoms with Gasteiger partial charge in [0.2, 0.25) is 0 Å². The lowest BCUT2D eigenvalue weighted by Gasteiger charge is -2.15. The highest BCUT2D eigenvalue weighted by Gasteiger charge is 2.38. The molecule has 3 rings (SSSR count). The number of hydrogen-bond donors (Lipinski definition) is 1. The molecule has 0 fully saturated rings. The van der Waals surface area contributed by atoms with Crippen LogP contribution >= 0.6 is 0 Å². The quantitative estimate of drug-likeness (QED) is 0.582. The van der Waals surface area contributed by atoms with Crippen molar-refractivity contribution in [3.63, 3.8) is 0 Å². The molecule has 2 amide bonds. The van der Waals surface area contributed by atoms with Gasteiger partial charge in [0, 0.05) is 32.0 Å². The summed E-state index contributed by atoms with van der Waals surface area (Å²) in [5.74, 6) is -3.79. The molecule has 1 aliphatic rings. The number of methoxy groups -OCH3 is 1. The van der Waals surface area contributed by atoms with Crippen LogP contribution < -0.4 is 5.32 Å². The van der Waals surface area contributed by atoms with Crippen LogP contribution in [0.3, 0.4) is 0 Å². The molecule has 1 heterocycles. The Morgan fingerprint density at radius 1 is 0.964 bits per heavy atom. The Hall–Kier alpha value is -3.13. The zero-order valence-electron chi connectivity index (χ0n) is 15.0. The average Bonchev–Trinajstić information content (AvgIpc) is 2.90. The Labute approximate surface area is 159 Å². The van der Waals surface area contributed by atoms with E-state index in [2.05, 4.69) is 5.32 Å².